The summed E-state index contributed by atoms with van der Waals surface area (Å²) in [5.41, 5.74) is 2.76. The number of aryl methyl sites for hydroxylation is 1. The summed E-state index contributed by atoms with van der Waals surface area (Å²) in [7, 11) is 0. The van der Waals surface area contributed by atoms with Crippen LogP contribution in [0.5, 0.6) is 5.75 Å². The summed E-state index contributed by atoms with van der Waals surface area (Å²) >= 11 is 0. The van der Waals surface area contributed by atoms with Gasteiger partial charge in [-0.2, -0.15) is 0 Å². The number of benzene rings is 3. The molecule has 5 nitrogen and oxygen atoms in total. The van der Waals surface area contributed by atoms with Crippen LogP contribution in [0, 0.1) is 0 Å². The van der Waals surface area contributed by atoms with Gasteiger partial charge in [0.1, 0.15) is 5.75 Å². The molecule has 0 aliphatic carbocycles. The van der Waals surface area contributed by atoms with E-state index in [9.17, 15) is 4.79 Å². The number of hydrogen-bond acceptors (Lipinski definition) is 4. The van der Waals surface area contributed by atoms with Crippen LogP contribution in [0.4, 0.5) is 10.5 Å². The molecule has 0 aliphatic heterocycles. The van der Waals surface area contributed by atoms with E-state index in [-0.39, 0.29) is 0 Å². The maximum absolute atomic E-state index is 11.8. The van der Waals surface area contributed by atoms with Crippen molar-refractivity contribution in [3.63, 3.8) is 0 Å². The Labute approximate surface area is 164 Å². The smallest absolute Gasteiger partial charge is 0.437 e. The molecule has 142 valence electrons. The highest BCUT2D eigenvalue weighted by Gasteiger charge is 2.03. The van der Waals surface area contributed by atoms with Crippen molar-refractivity contribution in [2.75, 3.05) is 11.9 Å². The largest absolute Gasteiger partial charge is 0.494 e. The van der Waals surface area contributed by atoms with Gasteiger partial charge in [0.2, 0.25) is 0 Å². The molecule has 28 heavy (non-hydrogen) atoms. The van der Waals surface area contributed by atoms with E-state index in [1.807, 2.05) is 60.7 Å². The first-order valence-electron chi connectivity index (χ1n) is 9.13. The minimum absolute atomic E-state index is 0.608. The maximum atomic E-state index is 11.8. The van der Waals surface area contributed by atoms with Crippen LogP contribution >= 0.6 is 0 Å². The van der Waals surface area contributed by atoms with Gasteiger partial charge in [0.15, 0.2) is 0 Å². The number of ether oxygens (including phenoxy) is 1. The van der Waals surface area contributed by atoms with Gasteiger partial charge in [0, 0.05) is 5.69 Å². The number of carbonyl (C=O) groups excluding carboxylic acids is 1. The number of nitrogens with one attached hydrogen (secondary N) is 1. The summed E-state index contributed by atoms with van der Waals surface area (Å²) in [4.78, 5) is 16.5. The Bertz CT molecular complexity index is 879. The minimum Gasteiger partial charge on any atom is -0.494 e. The molecule has 0 spiro atoms. The van der Waals surface area contributed by atoms with Gasteiger partial charge in [0.05, 0.1) is 12.8 Å². The van der Waals surface area contributed by atoms with Crippen LogP contribution in [0.2, 0.25) is 0 Å². The zero-order chi connectivity index (χ0) is 19.4. The average Bonchev–Trinajstić information content (AvgIpc) is 2.74. The first kappa shape index (κ1) is 19.2. The first-order valence-corrected chi connectivity index (χ1v) is 9.13. The number of oxime groups is 1. The molecule has 0 fully saturated rings. The lowest BCUT2D eigenvalue weighted by Gasteiger charge is -2.08. The van der Waals surface area contributed by atoms with Crippen molar-refractivity contribution in [1.82, 2.24) is 0 Å². The molecule has 3 aromatic rings. The van der Waals surface area contributed by atoms with Gasteiger partial charge in [0.25, 0.3) is 0 Å². The summed E-state index contributed by atoms with van der Waals surface area (Å²) in [5.74, 6) is 0.758. The normalized spacial score (nSPS) is 10.6. The van der Waals surface area contributed by atoms with Gasteiger partial charge in [-0.15, -0.1) is 0 Å². The Morgan fingerprint density at radius 3 is 2.29 bits per heavy atom. The third-order valence-corrected chi connectivity index (χ3v) is 3.96. The van der Waals surface area contributed by atoms with E-state index in [1.54, 1.807) is 12.1 Å². The van der Waals surface area contributed by atoms with Crippen LogP contribution in [0.1, 0.15) is 17.5 Å². The Hall–Kier alpha value is -3.60. The van der Waals surface area contributed by atoms with Gasteiger partial charge in [-0.25, -0.2) is 4.79 Å². The number of amides is 1. The van der Waals surface area contributed by atoms with Crippen molar-refractivity contribution in [2.45, 2.75) is 12.8 Å². The third kappa shape index (κ3) is 6.61. The average molecular weight is 374 g/mol. The van der Waals surface area contributed by atoms with E-state index >= 15 is 0 Å². The molecule has 0 atom stereocenters. The topological polar surface area (TPSA) is 59.9 Å². The number of nitrogens with zero attached hydrogens (tertiary/aromatic N) is 1. The fraction of sp³-hybridized carbons (Fsp3) is 0.130. The van der Waals surface area contributed by atoms with Crippen LogP contribution in [-0.2, 0) is 11.3 Å². The Kier molecular flexibility index (Phi) is 7.21. The van der Waals surface area contributed by atoms with E-state index in [4.69, 9.17) is 9.57 Å². The zero-order valence-electron chi connectivity index (χ0n) is 15.5. The van der Waals surface area contributed by atoms with Crippen LogP contribution in [-0.4, -0.2) is 18.9 Å². The van der Waals surface area contributed by atoms with E-state index in [0.29, 0.717) is 12.3 Å². The highest BCUT2D eigenvalue weighted by atomic mass is 16.7. The molecule has 3 aromatic carbocycles. The zero-order valence-corrected chi connectivity index (χ0v) is 15.5. The van der Waals surface area contributed by atoms with Gasteiger partial charge in [-0.05, 0) is 48.2 Å². The summed E-state index contributed by atoms with van der Waals surface area (Å²) in [5, 5.41) is 6.28. The fourth-order valence-electron chi connectivity index (χ4n) is 2.56. The molecular weight excluding hydrogens is 352 g/mol. The molecule has 5 heteroatoms. The minimum atomic E-state index is -0.649. The molecular formula is C23H22N2O3. The summed E-state index contributed by atoms with van der Waals surface area (Å²) in [6.07, 6.45) is 2.75. The Morgan fingerprint density at radius 2 is 1.57 bits per heavy atom. The van der Waals surface area contributed by atoms with Crippen LogP contribution < -0.4 is 10.1 Å². The molecule has 0 saturated carbocycles. The van der Waals surface area contributed by atoms with Gasteiger partial charge < -0.3 is 4.74 Å². The first-order chi connectivity index (χ1) is 13.8. The highest BCUT2D eigenvalue weighted by molar-refractivity contribution is 5.85. The lowest BCUT2D eigenvalue weighted by Crippen LogP contribution is -2.10. The highest BCUT2D eigenvalue weighted by Crippen LogP contribution is 2.16. The summed E-state index contributed by atoms with van der Waals surface area (Å²) in [6.45, 7) is 0.637. The fourth-order valence-corrected chi connectivity index (χ4v) is 2.56. The van der Waals surface area contributed by atoms with Crippen molar-refractivity contribution >= 4 is 18.0 Å². The summed E-state index contributed by atoms with van der Waals surface area (Å²) < 4.78 is 5.73. The van der Waals surface area contributed by atoms with Crippen molar-refractivity contribution in [1.29, 1.82) is 0 Å². The molecule has 0 bridgehead atoms. The van der Waals surface area contributed by atoms with Crippen molar-refractivity contribution in [3.05, 3.63) is 96.1 Å². The second-order valence-corrected chi connectivity index (χ2v) is 6.11. The molecule has 0 radical (unpaired) electrons. The SMILES string of the molecule is O=C(Nc1ccc(OCCCc2ccccc2)cc1)ON=Cc1ccccc1. The monoisotopic (exact) mass is 374 g/mol. The van der Waals surface area contributed by atoms with Crippen molar-refractivity contribution in [2.24, 2.45) is 5.16 Å². The molecule has 0 unspecified atom stereocenters. The van der Waals surface area contributed by atoms with Crippen LogP contribution in [0.25, 0.3) is 0 Å². The van der Waals surface area contributed by atoms with E-state index in [0.717, 1.165) is 24.2 Å². The molecule has 1 amide bonds. The quantitative estimate of drug-likeness (QED) is 0.252. The number of carbonyl (C=O) groups is 1. The number of rotatable bonds is 8. The van der Waals surface area contributed by atoms with Crippen molar-refractivity contribution < 1.29 is 14.4 Å². The molecule has 0 aromatic heterocycles. The molecule has 0 saturated heterocycles. The summed E-state index contributed by atoms with van der Waals surface area (Å²) in [6, 6.07) is 26.9. The van der Waals surface area contributed by atoms with Crippen molar-refractivity contribution in [3.8, 4) is 5.75 Å². The molecule has 1 N–H and O–H groups in total. The van der Waals surface area contributed by atoms with Crippen LogP contribution in [0.3, 0.4) is 0 Å². The third-order valence-electron chi connectivity index (χ3n) is 3.96. The van der Waals surface area contributed by atoms with Gasteiger partial charge in [-0.3, -0.25) is 10.2 Å². The predicted octanol–water partition coefficient (Wildman–Crippen LogP) is 5.28. The second-order valence-electron chi connectivity index (χ2n) is 6.11. The molecule has 0 heterocycles. The Morgan fingerprint density at radius 1 is 0.893 bits per heavy atom. The molecule has 3 rings (SSSR count). The lowest BCUT2D eigenvalue weighted by atomic mass is 10.1. The maximum Gasteiger partial charge on any atom is 0.437 e. The second kappa shape index (κ2) is 10.5. The Balaban J connectivity index is 1.37. The lowest BCUT2D eigenvalue weighted by molar-refractivity contribution is 0.167. The van der Waals surface area contributed by atoms with E-state index in [2.05, 4.69) is 22.6 Å². The molecule has 0 aliphatic rings. The predicted molar refractivity (Wildman–Crippen MR) is 111 cm³/mol. The number of anilines is 1. The van der Waals surface area contributed by atoms with Gasteiger partial charge in [-0.1, -0.05) is 65.8 Å². The van der Waals surface area contributed by atoms with Gasteiger partial charge >= 0.3 is 6.09 Å². The van der Waals surface area contributed by atoms with E-state index in [1.165, 1.54) is 11.8 Å². The number of hydrogen-bond donors (Lipinski definition) is 1. The standard InChI is InChI=1S/C23H22N2O3/c26-23(28-24-18-20-10-5-2-6-11-20)25-21-13-15-22(16-14-21)27-17-7-12-19-8-3-1-4-9-19/h1-6,8-11,13-16,18H,7,12,17H2,(H,25,26). The van der Waals surface area contributed by atoms with E-state index < -0.39 is 6.09 Å². The van der Waals surface area contributed by atoms with Crippen LogP contribution in [0.15, 0.2) is 90.1 Å².